The minimum absolute atomic E-state index is 0.200. The highest BCUT2D eigenvalue weighted by atomic mass is 35.5. The summed E-state index contributed by atoms with van der Waals surface area (Å²) in [6.07, 6.45) is 1.11. The van der Waals surface area contributed by atoms with Gasteiger partial charge in [-0.15, -0.1) is 11.6 Å². The third-order valence-corrected chi connectivity index (χ3v) is 3.94. The summed E-state index contributed by atoms with van der Waals surface area (Å²) in [5.74, 6) is 1.27. The van der Waals surface area contributed by atoms with E-state index in [4.69, 9.17) is 16.3 Å². The molecule has 3 atom stereocenters. The van der Waals surface area contributed by atoms with E-state index in [1.54, 1.807) is 6.07 Å². The van der Waals surface area contributed by atoms with Crippen LogP contribution in [0.1, 0.15) is 37.5 Å². The van der Waals surface area contributed by atoms with Crippen molar-refractivity contribution in [3.8, 4) is 5.75 Å². The number of rotatable bonds is 3. The number of hydrogen-bond donors (Lipinski definition) is 0. The molecule has 0 spiro atoms. The summed E-state index contributed by atoms with van der Waals surface area (Å²) in [4.78, 5) is 4.48. The molecule has 3 rings (SSSR count). The monoisotopic (exact) mass is 282 g/mol. The maximum Gasteiger partial charge on any atom is 0.167 e. The second-order valence-corrected chi connectivity index (χ2v) is 5.87. The highest BCUT2D eigenvalue weighted by Crippen LogP contribution is 2.46. The van der Waals surface area contributed by atoms with Crippen LogP contribution in [0, 0.1) is 11.7 Å². The van der Waals surface area contributed by atoms with Crippen LogP contribution in [0.5, 0.6) is 5.75 Å². The van der Waals surface area contributed by atoms with Gasteiger partial charge in [0, 0.05) is 18.2 Å². The van der Waals surface area contributed by atoms with E-state index in [1.165, 1.54) is 13.2 Å². The molecule has 3 unspecified atom stereocenters. The van der Waals surface area contributed by atoms with Crippen LogP contribution in [0.4, 0.5) is 4.39 Å². The van der Waals surface area contributed by atoms with Crippen LogP contribution in [0.25, 0.3) is 11.0 Å². The maximum absolute atomic E-state index is 13.7. The average molecular weight is 283 g/mol. The molecular formula is C14H16ClFN2O. The average Bonchev–Trinajstić information content (AvgIpc) is 2.96. The number of alkyl halides is 1. The molecule has 102 valence electrons. The molecule has 0 amide bonds. The summed E-state index contributed by atoms with van der Waals surface area (Å²) in [6, 6.07) is 3.54. The highest BCUT2D eigenvalue weighted by Gasteiger charge is 2.37. The third-order valence-electron chi connectivity index (χ3n) is 3.74. The van der Waals surface area contributed by atoms with E-state index in [2.05, 4.69) is 16.5 Å². The first-order valence-electron chi connectivity index (χ1n) is 6.42. The van der Waals surface area contributed by atoms with Crippen molar-refractivity contribution < 1.29 is 9.13 Å². The van der Waals surface area contributed by atoms with Crippen molar-refractivity contribution >= 4 is 22.6 Å². The van der Waals surface area contributed by atoms with Gasteiger partial charge in [0.1, 0.15) is 5.82 Å². The summed E-state index contributed by atoms with van der Waals surface area (Å²) >= 11 is 6.20. The Morgan fingerprint density at radius 1 is 1.53 bits per heavy atom. The first-order chi connectivity index (χ1) is 9.02. The fraction of sp³-hybridized carbons (Fsp3) is 0.500. The van der Waals surface area contributed by atoms with Crippen molar-refractivity contribution in [2.24, 2.45) is 5.92 Å². The second-order valence-electron chi connectivity index (χ2n) is 5.21. The standard InChI is InChI=1S/C14H16ClFN2O/c1-7-4-11(7)18-12-6-13(19-3)9(16)5-10(12)17-14(18)8(2)15/h5-8,11H,4H2,1-3H3. The van der Waals surface area contributed by atoms with Crippen molar-refractivity contribution in [2.75, 3.05) is 7.11 Å². The number of nitrogens with zero attached hydrogens (tertiary/aromatic N) is 2. The number of halogens is 2. The van der Waals surface area contributed by atoms with Crippen molar-refractivity contribution in [1.82, 2.24) is 9.55 Å². The van der Waals surface area contributed by atoms with Gasteiger partial charge in [-0.3, -0.25) is 0 Å². The minimum Gasteiger partial charge on any atom is -0.494 e. The zero-order valence-corrected chi connectivity index (χ0v) is 11.9. The van der Waals surface area contributed by atoms with Gasteiger partial charge in [-0.2, -0.15) is 0 Å². The Morgan fingerprint density at radius 3 is 2.74 bits per heavy atom. The third kappa shape index (κ3) is 1.98. The number of aromatic nitrogens is 2. The molecular weight excluding hydrogens is 267 g/mol. The van der Waals surface area contributed by atoms with Gasteiger partial charge in [-0.1, -0.05) is 6.92 Å². The Hall–Kier alpha value is -1.29. The van der Waals surface area contributed by atoms with Gasteiger partial charge in [-0.25, -0.2) is 9.37 Å². The van der Waals surface area contributed by atoms with Gasteiger partial charge < -0.3 is 9.30 Å². The van der Waals surface area contributed by atoms with Crippen LogP contribution in [0.3, 0.4) is 0 Å². The first kappa shape index (κ1) is 12.7. The topological polar surface area (TPSA) is 27.1 Å². The molecule has 1 aliphatic rings. The number of ether oxygens (including phenoxy) is 1. The molecule has 1 heterocycles. The van der Waals surface area contributed by atoms with Crippen LogP contribution < -0.4 is 4.74 Å². The number of fused-ring (bicyclic) bond motifs is 1. The van der Waals surface area contributed by atoms with Gasteiger partial charge >= 0.3 is 0 Å². The van der Waals surface area contributed by atoms with E-state index in [-0.39, 0.29) is 11.1 Å². The number of methoxy groups -OCH3 is 1. The molecule has 0 radical (unpaired) electrons. The highest BCUT2D eigenvalue weighted by molar-refractivity contribution is 6.20. The van der Waals surface area contributed by atoms with Crippen molar-refractivity contribution in [3.05, 3.63) is 23.8 Å². The van der Waals surface area contributed by atoms with Gasteiger partial charge in [0.25, 0.3) is 0 Å². The summed E-state index contributed by atoms with van der Waals surface area (Å²) < 4.78 is 20.9. The van der Waals surface area contributed by atoms with Gasteiger partial charge in [-0.05, 0) is 19.3 Å². The van der Waals surface area contributed by atoms with Gasteiger partial charge in [0.15, 0.2) is 11.6 Å². The molecule has 0 N–H and O–H groups in total. The quantitative estimate of drug-likeness (QED) is 0.794. The summed E-state index contributed by atoms with van der Waals surface area (Å²) in [6.45, 7) is 4.08. The van der Waals surface area contributed by atoms with Crippen LogP contribution in [0.15, 0.2) is 12.1 Å². The normalized spacial score (nSPS) is 23.6. The van der Waals surface area contributed by atoms with Crippen LogP contribution >= 0.6 is 11.6 Å². The molecule has 5 heteroatoms. The van der Waals surface area contributed by atoms with Crippen LogP contribution in [-0.4, -0.2) is 16.7 Å². The number of hydrogen-bond acceptors (Lipinski definition) is 2. The van der Waals surface area contributed by atoms with Crippen molar-refractivity contribution in [2.45, 2.75) is 31.7 Å². The fourth-order valence-electron chi connectivity index (χ4n) is 2.56. The Balaban J connectivity index is 2.26. The zero-order chi connectivity index (χ0) is 13.7. The summed E-state index contributed by atoms with van der Waals surface area (Å²) in [5.41, 5.74) is 1.54. The van der Waals surface area contributed by atoms with E-state index in [9.17, 15) is 4.39 Å². The Labute approximate surface area is 116 Å². The van der Waals surface area contributed by atoms with Crippen molar-refractivity contribution in [1.29, 1.82) is 0 Å². The molecule has 0 aliphatic heterocycles. The zero-order valence-electron chi connectivity index (χ0n) is 11.2. The lowest BCUT2D eigenvalue weighted by atomic mass is 10.2. The van der Waals surface area contributed by atoms with E-state index in [1.807, 2.05) is 6.92 Å². The molecule has 19 heavy (non-hydrogen) atoms. The predicted octanol–water partition coefficient (Wildman–Crippen LogP) is 4.06. The molecule has 1 aliphatic carbocycles. The first-order valence-corrected chi connectivity index (χ1v) is 6.86. The predicted molar refractivity (Wildman–Crippen MR) is 73.3 cm³/mol. The maximum atomic E-state index is 13.7. The largest absolute Gasteiger partial charge is 0.494 e. The molecule has 0 bridgehead atoms. The SMILES string of the molecule is COc1cc2c(cc1F)nc(C(C)Cl)n2C1CC1C. The second kappa shape index (κ2) is 4.37. The Bertz CT molecular complexity index is 638. The van der Waals surface area contributed by atoms with Crippen molar-refractivity contribution in [3.63, 3.8) is 0 Å². The van der Waals surface area contributed by atoms with Crippen LogP contribution in [-0.2, 0) is 0 Å². The van der Waals surface area contributed by atoms with E-state index in [0.717, 1.165) is 17.8 Å². The van der Waals surface area contributed by atoms with E-state index in [0.29, 0.717) is 17.5 Å². The van der Waals surface area contributed by atoms with E-state index >= 15 is 0 Å². The summed E-state index contributed by atoms with van der Waals surface area (Å²) in [7, 11) is 1.47. The number of imidazole rings is 1. The number of benzene rings is 1. The lowest BCUT2D eigenvalue weighted by Gasteiger charge is -2.10. The van der Waals surface area contributed by atoms with Gasteiger partial charge in [0.2, 0.25) is 0 Å². The van der Waals surface area contributed by atoms with E-state index < -0.39 is 5.82 Å². The van der Waals surface area contributed by atoms with Crippen LogP contribution in [0.2, 0.25) is 0 Å². The molecule has 0 saturated heterocycles. The Morgan fingerprint density at radius 2 is 2.21 bits per heavy atom. The molecule has 2 aromatic rings. The summed E-state index contributed by atoms with van der Waals surface area (Å²) in [5, 5.41) is -0.200. The molecule has 1 aromatic heterocycles. The fourth-order valence-corrected chi connectivity index (χ4v) is 2.72. The molecule has 1 saturated carbocycles. The molecule has 3 nitrogen and oxygen atoms in total. The Kier molecular flexibility index (Phi) is 2.93. The smallest absolute Gasteiger partial charge is 0.167 e. The molecule has 1 aromatic carbocycles. The lowest BCUT2D eigenvalue weighted by Crippen LogP contribution is -2.03. The minimum atomic E-state index is -0.391. The lowest BCUT2D eigenvalue weighted by molar-refractivity contribution is 0.387. The molecule has 1 fully saturated rings. The van der Waals surface area contributed by atoms with Gasteiger partial charge in [0.05, 0.1) is 23.5 Å².